The van der Waals surface area contributed by atoms with Gasteiger partial charge >= 0.3 is 0 Å². The summed E-state index contributed by atoms with van der Waals surface area (Å²) >= 11 is 2.62. The topological polar surface area (TPSA) is 79.7 Å². The molecule has 3 heterocycles. The Bertz CT molecular complexity index is 1160. The van der Waals surface area contributed by atoms with E-state index in [2.05, 4.69) is 11.6 Å². The van der Waals surface area contributed by atoms with Crippen LogP contribution in [-0.2, 0) is 4.79 Å². The molecule has 1 N–H and O–H groups in total. The number of hydrogen-bond acceptors (Lipinski definition) is 7. The SMILES string of the molecule is C=CCOc1ccc([C@@H]2C(C(=O)c3cccs3)=C(O)C(=O)N2c2nc(C)c(C)s2)cc1. The van der Waals surface area contributed by atoms with Crippen molar-refractivity contribution in [2.24, 2.45) is 0 Å². The Morgan fingerprint density at radius 3 is 2.61 bits per heavy atom. The van der Waals surface area contributed by atoms with E-state index in [0.717, 1.165) is 10.6 Å². The van der Waals surface area contributed by atoms with E-state index in [1.807, 2.05) is 13.8 Å². The van der Waals surface area contributed by atoms with E-state index in [9.17, 15) is 14.7 Å². The Balaban J connectivity index is 1.82. The minimum absolute atomic E-state index is 0.0534. The zero-order chi connectivity index (χ0) is 22.1. The number of aliphatic hydroxyl groups excluding tert-OH is 1. The molecule has 0 saturated heterocycles. The lowest BCUT2D eigenvalue weighted by Crippen LogP contribution is -2.31. The first-order chi connectivity index (χ1) is 14.9. The molecule has 1 aliphatic rings. The molecule has 8 heteroatoms. The van der Waals surface area contributed by atoms with Crippen LogP contribution in [-0.4, -0.2) is 28.4 Å². The smallest absolute Gasteiger partial charge is 0.296 e. The van der Waals surface area contributed by atoms with E-state index in [-0.39, 0.29) is 11.4 Å². The second-order valence-corrected chi connectivity index (χ2v) is 9.08. The first kappa shape index (κ1) is 21.0. The predicted molar refractivity (Wildman–Crippen MR) is 122 cm³/mol. The highest BCUT2D eigenvalue weighted by Crippen LogP contribution is 2.44. The quantitative estimate of drug-likeness (QED) is 0.395. The van der Waals surface area contributed by atoms with Crippen LogP contribution in [0, 0.1) is 13.8 Å². The molecule has 0 spiro atoms. The van der Waals surface area contributed by atoms with E-state index in [0.29, 0.717) is 27.9 Å². The maximum Gasteiger partial charge on any atom is 0.296 e. The molecule has 0 aliphatic carbocycles. The van der Waals surface area contributed by atoms with Gasteiger partial charge in [0.15, 0.2) is 10.9 Å². The third kappa shape index (κ3) is 3.80. The summed E-state index contributed by atoms with van der Waals surface area (Å²) in [4.78, 5) is 33.7. The number of aliphatic hydroxyl groups is 1. The fourth-order valence-corrected chi connectivity index (χ4v) is 4.97. The van der Waals surface area contributed by atoms with E-state index in [4.69, 9.17) is 4.74 Å². The second-order valence-electron chi connectivity index (χ2n) is 6.95. The Labute approximate surface area is 187 Å². The zero-order valence-corrected chi connectivity index (χ0v) is 18.6. The molecule has 2 aromatic heterocycles. The number of thiazole rings is 1. The number of carbonyl (C=O) groups is 2. The second kappa shape index (κ2) is 8.49. The first-order valence-corrected chi connectivity index (χ1v) is 11.2. The number of nitrogens with zero attached hydrogens (tertiary/aromatic N) is 2. The van der Waals surface area contributed by atoms with Crippen LogP contribution in [0.15, 0.2) is 65.8 Å². The van der Waals surface area contributed by atoms with Crippen LogP contribution in [0.4, 0.5) is 5.13 Å². The van der Waals surface area contributed by atoms with Gasteiger partial charge in [-0.25, -0.2) is 4.98 Å². The van der Waals surface area contributed by atoms with Crippen molar-refractivity contribution in [2.75, 3.05) is 11.5 Å². The average Bonchev–Trinajstić information content (AvgIpc) is 3.47. The molecular weight excluding hydrogens is 432 g/mol. The van der Waals surface area contributed by atoms with Crippen molar-refractivity contribution in [3.63, 3.8) is 0 Å². The highest BCUT2D eigenvalue weighted by atomic mass is 32.1. The van der Waals surface area contributed by atoms with Crippen LogP contribution in [0.2, 0.25) is 0 Å². The number of Topliss-reactive ketones (excluding diaryl/α,β-unsaturated/α-hetero) is 1. The minimum Gasteiger partial charge on any atom is -0.503 e. The lowest BCUT2D eigenvalue weighted by Gasteiger charge is -2.24. The molecule has 31 heavy (non-hydrogen) atoms. The summed E-state index contributed by atoms with van der Waals surface area (Å²) in [7, 11) is 0. The van der Waals surface area contributed by atoms with Crippen molar-refractivity contribution in [2.45, 2.75) is 19.9 Å². The zero-order valence-electron chi connectivity index (χ0n) is 17.0. The summed E-state index contributed by atoms with van der Waals surface area (Å²) in [6.45, 7) is 7.78. The predicted octanol–water partition coefficient (Wildman–Crippen LogP) is 5.17. The summed E-state index contributed by atoms with van der Waals surface area (Å²) in [5.74, 6) is -0.906. The summed E-state index contributed by atoms with van der Waals surface area (Å²) in [6, 6.07) is 9.76. The molecular formula is C23H20N2O4S2. The van der Waals surface area contributed by atoms with Crippen molar-refractivity contribution in [3.05, 3.63) is 86.8 Å². The summed E-state index contributed by atoms with van der Waals surface area (Å²) in [6.07, 6.45) is 1.65. The number of ketones is 1. The average molecular weight is 453 g/mol. The number of benzene rings is 1. The van der Waals surface area contributed by atoms with Gasteiger partial charge in [0, 0.05) is 4.88 Å². The highest BCUT2D eigenvalue weighted by molar-refractivity contribution is 7.16. The van der Waals surface area contributed by atoms with Crippen molar-refractivity contribution in [1.29, 1.82) is 0 Å². The molecule has 3 aromatic rings. The normalized spacial score (nSPS) is 16.1. The molecule has 0 radical (unpaired) electrons. The lowest BCUT2D eigenvalue weighted by molar-refractivity contribution is -0.117. The summed E-state index contributed by atoms with van der Waals surface area (Å²) in [5.41, 5.74) is 1.53. The number of aromatic nitrogens is 1. The van der Waals surface area contributed by atoms with E-state index >= 15 is 0 Å². The molecule has 6 nitrogen and oxygen atoms in total. The van der Waals surface area contributed by atoms with Crippen LogP contribution in [0.1, 0.15) is 31.8 Å². The number of amides is 1. The largest absolute Gasteiger partial charge is 0.503 e. The lowest BCUT2D eigenvalue weighted by atomic mass is 9.95. The van der Waals surface area contributed by atoms with Gasteiger partial charge in [-0.15, -0.1) is 22.7 Å². The Hall–Kier alpha value is -3.23. The van der Waals surface area contributed by atoms with Crippen LogP contribution in [0.5, 0.6) is 5.75 Å². The number of rotatable bonds is 7. The van der Waals surface area contributed by atoms with Crippen molar-refractivity contribution < 1.29 is 19.4 Å². The van der Waals surface area contributed by atoms with Gasteiger partial charge in [-0.2, -0.15) is 0 Å². The van der Waals surface area contributed by atoms with Gasteiger partial charge in [0.2, 0.25) is 5.78 Å². The van der Waals surface area contributed by atoms with Crippen LogP contribution in [0.3, 0.4) is 0 Å². The molecule has 0 bridgehead atoms. The Morgan fingerprint density at radius 1 is 1.29 bits per heavy atom. The monoisotopic (exact) mass is 452 g/mol. The summed E-state index contributed by atoms with van der Waals surface area (Å²) in [5, 5.41) is 13.0. The Kier molecular flexibility index (Phi) is 5.75. The summed E-state index contributed by atoms with van der Waals surface area (Å²) < 4.78 is 5.54. The maximum atomic E-state index is 13.3. The van der Waals surface area contributed by atoms with Gasteiger partial charge in [0.05, 0.1) is 22.2 Å². The van der Waals surface area contributed by atoms with E-state index in [1.165, 1.54) is 27.6 Å². The molecule has 1 aliphatic heterocycles. The molecule has 4 rings (SSSR count). The molecule has 158 valence electrons. The number of thiophene rings is 1. The standard InChI is InChI=1S/C23H20N2O4S2/c1-4-11-29-16-9-7-15(8-10-16)19-18(20(26)17-6-5-12-30-17)21(27)22(28)25(19)23-24-13(2)14(3)31-23/h4-10,12,19,27H,1,11H2,2-3H3/t19-/m1/s1. The van der Waals surface area contributed by atoms with Crippen LogP contribution in [0.25, 0.3) is 0 Å². The van der Waals surface area contributed by atoms with Crippen LogP contribution >= 0.6 is 22.7 Å². The molecule has 0 unspecified atom stereocenters. The van der Waals surface area contributed by atoms with Gasteiger partial charge < -0.3 is 9.84 Å². The number of hydrogen-bond donors (Lipinski definition) is 1. The number of carbonyl (C=O) groups excluding carboxylic acids is 2. The third-order valence-corrected chi connectivity index (χ3v) is 6.93. The molecule has 0 fully saturated rings. The minimum atomic E-state index is -0.791. The fourth-order valence-electron chi connectivity index (χ4n) is 3.35. The number of ether oxygens (including phenoxy) is 1. The fraction of sp³-hybridized carbons (Fsp3) is 0.174. The molecule has 1 amide bonds. The van der Waals surface area contributed by atoms with E-state index in [1.54, 1.807) is 47.9 Å². The molecule has 0 saturated carbocycles. The molecule has 1 aromatic carbocycles. The van der Waals surface area contributed by atoms with Crippen LogP contribution < -0.4 is 9.64 Å². The van der Waals surface area contributed by atoms with Gasteiger partial charge in [-0.3, -0.25) is 14.5 Å². The van der Waals surface area contributed by atoms with E-state index < -0.39 is 17.7 Å². The Morgan fingerprint density at radius 2 is 2.03 bits per heavy atom. The van der Waals surface area contributed by atoms with Crippen molar-refractivity contribution in [1.82, 2.24) is 4.98 Å². The maximum absolute atomic E-state index is 13.3. The van der Waals surface area contributed by atoms with Crippen molar-refractivity contribution in [3.8, 4) is 5.75 Å². The van der Waals surface area contributed by atoms with Gasteiger partial charge in [-0.1, -0.05) is 30.9 Å². The number of anilines is 1. The van der Waals surface area contributed by atoms with Gasteiger partial charge in [0.1, 0.15) is 12.4 Å². The van der Waals surface area contributed by atoms with Gasteiger partial charge in [0.25, 0.3) is 5.91 Å². The highest BCUT2D eigenvalue weighted by Gasteiger charge is 2.46. The first-order valence-electron chi connectivity index (χ1n) is 9.55. The molecule has 1 atom stereocenters. The van der Waals surface area contributed by atoms with Gasteiger partial charge in [-0.05, 0) is 43.0 Å². The third-order valence-electron chi connectivity index (χ3n) is 4.98. The van der Waals surface area contributed by atoms with Crippen molar-refractivity contribution >= 4 is 39.5 Å². The number of aryl methyl sites for hydroxylation is 2.